The Balaban J connectivity index is 2.42. The summed E-state index contributed by atoms with van der Waals surface area (Å²) in [5.41, 5.74) is -1.03. The smallest absolute Gasteiger partial charge is 0.288 e. The average molecular weight is 446 g/mol. The van der Waals surface area contributed by atoms with Gasteiger partial charge in [0.05, 0.1) is 10.6 Å². The predicted octanol–water partition coefficient (Wildman–Crippen LogP) is 5.24. The van der Waals surface area contributed by atoms with Gasteiger partial charge in [0.15, 0.2) is 5.78 Å². The first kappa shape index (κ1) is 16.5. The SMILES string of the molecule is O=C(c1ccc(I)c(Cl)c1)c1ccc(C(F)(F)F)nc1Cl. The van der Waals surface area contributed by atoms with Crippen molar-refractivity contribution in [3.8, 4) is 0 Å². The number of hydrogen-bond acceptors (Lipinski definition) is 2. The minimum atomic E-state index is -4.61. The van der Waals surface area contributed by atoms with Gasteiger partial charge in [-0.25, -0.2) is 4.98 Å². The number of carbonyl (C=O) groups excluding carboxylic acids is 1. The number of ketones is 1. The zero-order valence-corrected chi connectivity index (χ0v) is 13.7. The van der Waals surface area contributed by atoms with Crippen molar-refractivity contribution in [1.82, 2.24) is 4.98 Å². The fourth-order valence-corrected chi connectivity index (χ4v) is 2.31. The van der Waals surface area contributed by atoms with Gasteiger partial charge in [0.2, 0.25) is 0 Å². The van der Waals surface area contributed by atoms with E-state index < -0.39 is 22.8 Å². The normalized spacial score (nSPS) is 11.5. The number of nitrogens with zero attached hydrogens (tertiary/aromatic N) is 1. The van der Waals surface area contributed by atoms with Crippen molar-refractivity contribution in [2.75, 3.05) is 0 Å². The molecule has 2 aromatic rings. The van der Waals surface area contributed by atoms with Crippen LogP contribution in [0.3, 0.4) is 0 Å². The highest BCUT2D eigenvalue weighted by molar-refractivity contribution is 14.1. The first-order chi connectivity index (χ1) is 9.70. The Labute approximate surface area is 141 Å². The number of benzene rings is 1. The molecule has 0 atom stereocenters. The number of alkyl halides is 3. The van der Waals surface area contributed by atoms with Crippen LogP contribution in [0.5, 0.6) is 0 Å². The van der Waals surface area contributed by atoms with Crippen LogP contribution >= 0.6 is 45.8 Å². The molecule has 8 heteroatoms. The van der Waals surface area contributed by atoms with Gasteiger partial charge in [0.1, 0.15) is 10.8 Å². The summed E-state index contributed by atoms with van der Waals surface area (Å²) in [6, 6.07) is 6.30. The Morgan fingerprint density at radius 2 is 1.81 bits per heavy atom. The number of carbonyl (C=O) groups is 1. The van der Waals surface area contributed by atoms with E-state index in [0.717, 1.165) is 9.64 Å². The van der Waals surface area contributed by atoms with Gasteiger partial charge in [0.25, 0.3) is 0 Å². The summed E-state index contributed by atoms with van der Waals surface area (Å²) < 4.78 is 38.2. The van der Waals surface area contributed by atoms with Crippen LogP contribution in [0.2, 0.25) is 10.2 Å². The molecule has 0 N–H and O–H groups in total. The Morgan fingerprint density at radius 1 is 1.14 bits per heavy atom. The molecule has 0 fully saturated rings. The molecule has 0 unspecified atom stereocenters. The lowest BCUT2D eigenvalue weighted by molar-refractivity contribution is -0.141. The molecule has 0 aliphatic heterocycles. The third kappa shape index (κ3) is 3.67. The second kappa shape index (κ2) is 6.10. The summed E-state index contributed by atoms with van der Waals surface area (Å²) in [7, 11) is 0. The molecule has 1 aromatic heterocycles. The van der Waals surface area contributed by atoms with Gasteiger partial charge < -0.3 is 0 Å². The number of rotatable bonds is 2. The van der Waals surface area contributed by atoms with Crippen LogP contribution in [0.1, 0.15) is 21.6 Å². The largest absolute Gasteiger partial charge is 0.433 e. The Hall–Kier alpha value is -0.860. The first-order valence-electron chi connectivity index (χ1n) is 5.43. The van der Waals surface area contributed by atoms with Crippen LogP contribution in [0.25, 0.3) is 0 Å². The maximum Gasteiger partial charge on any atom is 0.433 e. The van der Waals surface area contributed by atoms with Gasteiger partial charge >= 0.3 is 6.18 Å². The lowest BCUT2D eigenvalue weighted by Crippen LogP contribution is -2.11. The number of aromatic nitrogens is 1. The van der Waals surface area contributed by atoms with Crippen molar-refractivity contribution in [2.24, 2.45) is 0 Å². The molecule has 0 bridgehead atoms. The summed E-state index contributed by atoms with van der Waals surface area (Å²) in [6.07, 6.45) is -4.61. The van der Waals surface area contributed by atoms with Crippen molar-refractivity contribution in [3.63, 3.8) is 0 Å². The summed E-state index contributed by atoms with van der Waals surface area (Å²) in [4.78, 5) is 15.4. The molecule has 0 saturated heterocycles. The second-order valence-electron chi connectivity index (χ2n) is 3.99. The van der Waals surface area contributed by atoms with Crippen LogP contribution < -0.4 is 0 Å². The first-order valence-corrected chi connectivity index (χ1v) is 7.27. The van der Waals surface area contributed by atoms with Crippen molar-refractivity contribution in [2.45, 2.75) is 6.18 Å². The zero-order valence-electron chi connectivity index (χ0n) is 10.0. The quantitative estimate of drug-likeness (QED) is 0.359. The van der Waals surface area contributed by atoms with Crippen LogP contribution in [0.15, 0.2) is 30.3 Å². The van der Waals surface area contributed by atoms with E-state index in [-0.39, 0.29) is 11.1 Å². The van der Waals surface area contributed by atoms with Crippen LogP contribution in [0, 0.1) is 3.57 Å². The summed E-state index contributed by atoms with van der Waals surface area (Å²) in [5.74, 6) is -0.542. The molecule has 0 saturated carbocycles. The van der Waals surface area contributed by atoms with Crippen LogP contribution in [-0.2, 0) is 6.18 Å². The lowest BCUT2D eigenvalue weighted by Gasteiger charge is -2.08. The Kier molecular flexibility index (Phi) is 4.79. The van der Waals surface area contributed by atoms with E-state index in [1.807, 2.05) is 22.6 Å². The molecule has 0 amide bonds. The maximum atomic E-state index is 12.5. The number of hydrogen-bond donors (Lipinski definition) is 0. The summed E-state index contributed by atoms with van der Waals surface area (Å²) in [6.45, 7) is 0. The molecule has 2 nitrogen and oxygen atoms in total. The number of pyridine rings is 1. The van der Waals surface area contributed by atoms with Gasteiger partial charge in [-0.3, -0.25) is 4.79 Å². The molecule has 0 spiro atoms. The summed E-state index contributed by atoms with van der Waals surface area (Å²) in [5, 5.41) is -0.123. The van der Waals surface area contributed by atoms with Gasteiger partial charge in [-0.2, -0.15) is 13.2 Å². The molecule has 1 heterocycles. The van der Waals surface area contributed by atoms with E-state index in [4.69, 9.17) is 23.2 Å². The third-order valence-corrected chi connectivity index (χ3v) is 4.43. The highest BCUT2D eigenvalue weighted by atomic mass is 127. The third-order valence-electron chi connectivity index (χ3n) is 2.57. The molecule has 110 valence electrons. The minimum Gasteiger partial charge on any atom is -0.288 e. The lowest BCUT2D eigenvalue weighted by atomic mass is 10.0. The molecule has 2 rings (SSSR count). The van der Waals surface area contributed by atoms with Gasteiger partial charge in [-0.05, 0) is 52.9 Å². The fourth-order valence-electron chi connectivity index (χ4n) is 1.55. The molecule has 1 aromatic carbocycles. The maximum absolute atomic E-state index is 12.5. The van der Waals surface area contributed by atoms with Crippen molar-refractivity contribution < 1.29 is 18.0 Å². The monoisotopic (exact) mass is 445 g/mol. The van der Waals surface area contributed by atoms with Gasteiger partial charge in [-0.1, -0.05) is 23.2 Å². The van der Waals surface area contributed by atoms with Crippen molar-refractivity contribution in [3.05, 3.63) is 60.9 Å². The second-order valence-corrected chi connectivity index (χ2v) is 5.92. The van der Waals surface area contributed by atoms with E-state index in [1.165, 1.54) is 12.1 Å². The molecule has 0 aliphatic carbocycles. The van der Waals surface area contributed by atoms with E-state index >= 15 is 0 Å². The topological polar surface area (TPSA) is 30.0 Å². The Bertz CT molecular complexity index is 719. The highest BCUT2D eigenvalue weighted by Gasteiger charge is 2.33. The van der Waals surface area contributed by atoms with E-state index in [1.54, 1.807) is 6.07 Å². The zero-order chi connectivity index (χ0) is 15.8. The molecule has 0 radical (unpaired) electrons. The van der Waals surface area contributed by atoms with E-state index in [0.29, 0.717) is 11.1 Å². The van der Waals surface area contributed by atoms with Gasteiger partial charge in [-0.15, -0.1) is 0 Å². The standard InChI is InChI=1S/C13H5Cl2F3INO/c14-8-5-6(1-3-9(8)19)11(21)7-2-4-10(13(16,17)18)20-12(7)15/h1-5H. The molecule has 21 heavy (non-hydrogen) atoms. The van der Waals surface area contributed by atoms with E-state index in [2.05, 4.69) is 4.98 Å². The van der Waals surface area contributed by atoms with Gasteiger partial charge in [0, 0.05) is 9.13 Å². The van der Waals surface area contributed by atoms with E-state index in [9.17, 15) is 18.0 Å². The number of halogens is 6. The highest BCUT2D eigenvalue weighted by Crippen LogP contribution is 2.30. The molecular weight excluding hydrogens is 441 g/mol. The minimum absolute atomic E-state index is 0.109. The van der Waals surface area contributed by atoms with Crippen LogP contribution in [-0.4, -0.2) is 10.8 Å². The summed E-state index contributed by atoms with van der Waals surface area (Å²) >= 11 is 13.6. The average Bonchev–Trinajstić information content (AvgIpc) is 2.40. The molecule has 0 aliphatic rings. The Morgan fingerprint density at radius 3 is 2.33 bits per heavy atom. The predicted molar refractivity (Wildman–Crippen MR) is 81.9 cm³/mol. The van der Waals surface area contributed by atoms with Crippen molar-refractivity contribution >= 4 is 51.6 Å². The van der Waals surface area contributed by atoms with Crippen molar-refractivity contribution in [1.29, 1.82) is 0 Å². The molecular formula is C13H5Cl2F3INO. The van der Waals surface area contributed by atoms with Crippen LogP contribution in [0.4, 0.5) is 13.2 Å². The fraction of sp³-hybridized carbons (Fsp3) is 0.0769.